The predicted molar refractivity (Wildman–Crippen MR) is 97.7 cm³/mol. The number of benzene rings is 2. The Morgan fingerprint density at radius 3 is 2.44 bits per heavy atom. The van der Waals surface area contributed by atoms with Gasteiger partial charge in [0.1, 0.15) is 18.2 Å². The summed E-state index contributed by atoms with van der Waals surface area (Å²) in [7, 11) is 0. The molecule has 0 bridgehead atoms. The van der Waals surface area contributed by atoms with Gasteiger partial charge in [-0.2, -0.15) is 0 Å². The van der Waals surface area contributed by atoms with Crippen LogP contribution in [0.2, 0.25) is 0 Å². The van der Waals surface area contributed by atoms with E-state index in [0.29, 0.717) is 17.1 Å². The van der Waals surface area contributed by atoms with Crippen LogP contribution >= 0.6 is 0 Å². The van der Waals surface area contributed by atoms with Crippen molar-refractivity contribution in [1.82, 2.24) is 9.97 Å². The van der Waals surface area contributed by atoms with Gasteiger partial charge in [-0.3, -0.25) is 9.59 Å². The first-order valence-corrected chi connectivity index (χ1v) is 7.93. The smallest absolute Gasteiger partial charge is 0.246 e. The minimum absolute atomic E-state index is 0.0106. The molecule has 2 N–H and O–H groups in total. The van der Waals surface area contributed by atoms with Gasteiger partial charge in [-0.25, -0.2) is 9.97 Å². The normalized spacial score (nSPS) is 11.8. The van der Waals surface area contributed by atoms with Crippen LogP contribution in [0.4, 0.5) is 11.5 Å². The molecule has 0 spiro atoms. The van der Waals surface area contributed by atoms with Crippen molar-refractivity contribution in [3.05, 3.63) is 60.4 Å². The summed E-state index contributed by atoms with van der Waals surface area (Å²) in [6, 6.07) is 13.9. The molecule has 1 amide bonds. The average molecular weight is 334 g/mol. The summed E-state index contributed by atoms with van der Waals surface area (Å²) in [6.07, 6.45) is 1.47. The van der Waals surface area contributed by atoms with Crippen molar-refractivity contribution in [2.24, 2.45) is 0 Å². The fourth-order valence-corrected chi connectivity index (χ4v) is 2.43. The van der Waals surface area contributed by atoms with Crippen molar-refractivity contribution in [3.8, 4) is 0 Å². The molecular formula is C19H18N4O2. The van der Waals surface area contributed by atoms with E-state index in [1.807, 2.05) is 24.3 Å². The third kappa shape index (κ3) is 3.80. The van der Waals surface area contributed by atoms with Crippen LogP contribution in [0.5, 0.6) is 0 Å². The van der Waals surface area contributed by atoms with Crippen LogP contribution in [0.1, 0.15) is 24.2 Å². The zero-order chi connectivity index (χ0) is 17.8. The van der Waals surface area contributed by atoms with Crippen molar-refractivity contribution in [1.29, 1.82) is 0 Å². The number of rotatable bonds is 5. The number of amides is 1. The third-order valence-electron chi connectivity index (χ3n) is 3.85. The van der Waals surface area contributed by atoms with Gasteiger partial charge in [-0.05, 0) is 50.2 Å². The maximum Gasteiger partial charge on any atom is 0.246 e. The fourth-order valence-electron chi connectivity index (χ4n) is 2.43. The number of anilines is 2. The van der Waals surface area contributed by atoms with E-state index in [1.165, 1.54) is 13.3 Å². The lowest BCUT2D eigenvalue weighted by atomic mass is 10.1. The highest BCUT2D eigenvalue weighted by atomic mass is 16.2. The second kappa shape index (κ2) is 7.09. The van der Waals surface area contributed by atoms with Crippen LogP contribution in [0.25, 0.3) is 10.9 Å². The number of ketones is 1. The lowest BCUT2D eigenvalue weighted by Gasteiger charge is -2.15. The molecule has 3 aromatic rings. The maximum absolute atomic E-state index is 12.4. The number of aromatic nitrogens is 2. The summed E-state index contributed by atoms with van der Waals surface area (Å²) in [6.45, 7) is 3.27. The van der Waals surface area contributed by atoms with Crippen LogP contribution in [-0.2, 0) is 4.79 Å². The Bertz CT molecular complexity index is 917. The quantitative estimate of drug-likeness (QED) is 0.700. The van der Waals surface area contributed by atoms with Crippen molar-refractivity contribution in [3.63, 3.8) is 0 Å². The van der Waals surface area contributed by atoms with Crippen LogP contribution < -0.4 is 10.6 Å². The molecular weight excluding hydrogens is 316 g/mol. The van der Waals surface area contributed by atoms with E-state index in [9.17, 15) is 9.59 Å². The second-order valence-electron chi connectivity index (χ2n) is 5.73. The van der Waals surface area contributed by atoms with E-state index in [-0.39, 0.29) is 11.7 Å². The second-order valence-corrected chi connectivity index (χ2v) is 5.73. The van der Waals surface area contributed by atoms with Crippen LogP contribution in [-0.4, -0.2) is 27.7 Å². The Balaban J connectivity index is 1.71. The summed E-state index contributed by atoms with van der Waals surface area (Å²) in [5.41, 5.74) is 2.06. The zero-order valence-electron chi connectivity index (χ0n) is 14.0. The standard InChI is InChI=1S/C19H18N4O2/c1-12(19(25)23-15-9-7-14(8-10-15)13(2)24)22-18-16-5-3-4-6-17(16)20-11-21-18/h3-12H,1-2H3,(H,23,25)(H,20,21,22). The highest BCUT2D eigenvalue weighted by Gasteiger charge is 2.15. The summed E-state index contributed by atoms with van der Waals surface area (Å²) >= 11 is 0. The molecule has 0 aliphatic rings. The van der Waals surface area contributed by atoms with E-state index in [0.717, 1.165) is 10.9 Å². The number of fused-ring (bicyclic) bond motifs is 1. The first-order chi connectivity index (χ1) is 12.0. The molecule has 0 aliphatic heterocycles. The molecule has 0 radical (unpaired) electrons. The topological polar surface area (TPSA) is 84.0 Å². The minimum Gasteiger partial charge on any atom is -0.358 e. The molecule has 2 aromatic carbocycles. The van der Waals surface area contributed by atoms with Gasteiger partial charge in [-0.1, -0.05) is 12.1 Å². The van der Waals surface area contributed by atoms with Gasteiger partial charge in [0.05, 0.1) is 5.52 Å². The molecule has 1 unspecified atom stereocenters. The molecule has 6 nitrogen and oxygen atoms in total. The van der Waals surface area contributed by atoms with Crippen molar-refractivity contribution in [2.75, 3.05) is 10.6 Å². The number of carbonyl (C=O) groups excluding carboxylic acids is 2. The Morgan fingerprint density at radius 2 is 1.72 bits per heavy atom. The van der Waals surface area contributed by atoms with Gasteiger partial charge < -0.3 is 10.6 Å². The fraction of sp³-hybridized carbons (Fsp3) is 0.158. The van der Waals surface area contributed by atoms with E-state index in [2.05, 4.69) is 20.6 Å². The number of hydrogen-bond donors (Lipinski definition) is 2. The third-order valence-corrected chi connectivity index (χ3v) is 3.85. The molecule has 6 heteroatoms. The van der Waals surface area contributed by atoms with Crippen molar-refractivity contribution in [2.45, 2.75) is 19.9 Å². The molecule has 1 atom stereocenters. The number of carbonyl (C=O) groups is 2. The van der Waals surface area contributed by atoms with Gasteiger partial charge in [0, 0.05) is 16.6 Å². The summed E-state index contributed by atoms with van der Waals surface area (Å²) in [5, 5.41) is 6.79. The van der Waals surface area contributed by atoms with Gasteiger partial charge in [-0.15, -0.1) is 0 Å². The van der Waals surface area contributed by atoms with E-state index >= 15 is 0 Å². The SMILES string of the molecule is CC(=O)c1ccc(NC(=O)C(C)Nc2ncnc3ccccc23)cc1. The van der Waals surface area contributed by atoms with Gasteiger partial charge >= 0.3 is 0 Å². The first-order valence-electron chi connectivity index (χ1n) is 7.93. The largest absolute Gasteiger partial charge is 0.358 e. The number of nitrogens with zero attached hydrogens (tertiary/aromatic N) is 2. The lowest BCUT2D eigenvalue weighted by molar-refractivity contribution is -0.116. The monoisotopic (exact) mass is 334 g/mol. The summed E-state index contributed by atoms with van der Waals surface area (Å²) in [5.74, 6) is 0.405. The Labute approximate surface area is 145 Å². The number of Topliss-reactive ketones (excluding diaryl/α,β-unsaturated/α-hetero) is 1. The van der Waals surface area contributed by atoms with Crippen LogP contribution in [0, 0.1) is 0 Å². The molecule has 0 saturated carbocycles. The Morgan fingerprint density at radius 1 is 1.00 bits per heavy atom. The first kappa shape index (κ1) is 16.6. The maximum atomic E-state index is 12.4. The molecule has 0 aliphatic carbocycles. The molecule has 126 valence electrons. The number of nitrogens with one attached hydrogen (secondary N) is 2. The van der Waals surface area contributed by atoms with E-state index in [1.54, 1.807) is 31.2 Å². The average Bonchev–Trinajstić information content (AvgIpc) is 2.62. The molecule has 0 fully saturated rings. The minimum atomic E-state index is -0.495. The summed E-state index contributed by atoms with van der Waals surface area (Å²) < 4.78 is 0. The van der Waals surface area contributed by atoms with E-state index in [4.69, 9.17) is 0 Å². The molecule has 25 heavy (non-hydrogen) atoms. The lowest BCUT2D eigenvalue weighted by Crippen LogP contribution is -2.32. The Hall–Kier alpha value is -3.28. The molecule has 1 heterocycles. The van der Waals surface area contributed by atoms with Crippen LogP contribution in [0.3, 0.4) is 0 Å². The highest BCUT2D eigenvalue weighted by Crippen LogP contribution is 2.19. The van der Waals surface area contributed by atoms with Crippen molar-refractivity contribution >= 4 is 34.1 Å². The number of hydrogen-bond acceptors (Lipinski definition) is 5. The molecule has 3 rings (SSSR count). The Kier molecular flexibility index (Phi) is 4.70. The zero-order valence-corrected chi connectivity index (χ0v) is 14.0. The predicted octanol–water partition coefficient (Wildman–Crippen LogP) is 3.27. The van der Waals surface area contributed by atoms with Gasteiger partial charge in [0.2, 0.25) is 5.91 Å². The molecule has 0 saturated heterocycles. The number of para-hydroxylation sites is 1. The highest BCUT2D eigenvalue weighted by molar-refractivity contribution is 5.99. The van der Waals surface area contributed by atoms with Gasteiger partial charge in [0.25, 0.3) is 0 Å². The van der Waals surface area contributed by atoms with E-state index < -0.39 is 6.04 Å². The van der Waals surface area contributed by atoms with Crippen LogP contribution in [0.15, 0.2) is 54.9 Å². The summed E-state index contributed by atoms with van der Waals surface area (Å²) in [4.78, 5) is 32.1. The van der Waals surface area contributed by atoms with Gasteiger partial charge in [0.15, 0.2) is 5.78 Å². The molecule has 1 aromatic heterocycles. The van der Waals surface area contributed by atoms with Crippen molar-refractivity contribution < 1.29 is 9.59 Å².